The Hall–Kier alpha value is -5.06. The predicted molar refractivity (Wildman–Crippen MR) is 195 cm³/mol. The summed E-state index contributed by atoms with van der Waals surface area (Å²) >= 11 is 0. The SMILES string of the molecule is CN1C(=O)C2CC3OC4CCC(C5(C6C=c7oc8cc9c(=O)n(C)c(=O)c9cc8oc7=CC6)c6ccccc6-c6ccccc65)CC4OC3CC2C1=O. The maximum Gasteiger partial charge on any atom is 0.261 e. The minimum absolute atomic E-state index is 0.00752. The van der Waals surface area contributed by atoms with E-state index in [4.69, 9.17) is 18.3 Å². The number of nitrogens with zero attached hydrogens (tertiary/aromatic N) is 2. The molecule has 2 aliphatic heterocycles. The van der Waals surface area contributed by atoms with Gasteiger partial charge in [-0.25, -0.2) is 0 Å². The Bertz CT molecular complexity index is 2640. The number of fused-ring (bicyclic) bond motifs is 9. The molecule has 10 heteroatoms. The number of hydrogen-bond acceptors (Lipinski definition) is 8. The van der Waals surface area contributed by atoms with Crippen molar-refractivity contribution >= 4 is 45.9 Å². The van der Waals surface area contributed by atoms with Crippen LogP contribution in [0.15, 0.2) is 79.1 Å². The minimum Gasteiger partial charge on any atom is -0.450 e. The molecule has 2 saturated heterocycles. The van der Waals surface area contributed by atoms with Gasteiger partial charge in [0.1, 0.15) is 0 Å². The summed E-state index contributed by atoms with van der Waals surface area (Å²) in [6.45, 7) is 0. The highest BCUT2D eigenvalue weighted by Crippen LogP contribution is 2.61. The fourth-order valence-electron chi connectivity index (χ4n) is 11.2. The lowest BCUT2D eigenvalue weighted by atomic mass is 9.55. The van der Waals surface area contributed by atoms with Gasteiger partial charge in [-0.3, -0.25) is 28.6 Å². The smallest absolute Gasteiger partial charge is 0.261 e. The van der Waals surface area contributed by atoms with Crippen LogP contribution in [0.25, 0.3) is 45.2 Å². The summed E-state index contributed by atoms with van der Waals surface area (Å²) in [4.78, 5) is 52.7. The molecule has 6 aliphatic rings. The average molecular weight is 711 g/mol. The van der Waals surface area contributed by atoms with E-state index in [1.807, 2.05) is 0 Å². The third-order valence-electron chi connectivity index (χ3n) is 13.6. The molecule has 4 aliphatic carbocycles. The minimum atomic E-state index is -0.422. The molecule has 0 radical (unpaired) electrons. The van der Waals surface area contributed by atoms with E-state index in [1.165, 1.54) is 34.2 Å². The predicted octanol–water partition coefficient (Wildman–Crippen LogP) is 4.13. The van der Waals surface area contributed by atoms with Gasteiger partial charge in [0.15, 0.2) is 22.0 Å². The van der Waals surface area contributed by atoms with Crippen LogP contribution < -0.4 is 21.9 Å². The normalized spacial score (nSPS) is 30.9. The van der Waals surface area contributed by atoms with Crippen LogP contribution in [0, 0.1) is 23.7 Å². The number of likely N-dealkylation sites (tertiary alicyclic amines) is 1. The first kappa shape index (κ1) is 31.5. The summed E-state index contributed by atoms with van der Waals surface area (Å²) in [7, 11) is 3.07. The molecule has 2 saturated carbocycles. The number of rotatable bonds is 2. The van der Waals surface area contributed by atoms with E-state index in [2.05, 4.69) is 60.7 Å². The highest BCUT2D eigenvalue weighted by Gasteiger charge is 2.58. The lowest BCUT2D eigenvalue weighted by Crippen LogP contribution is -2.57. The fraction of sp³-hybridized carbons (Fsp3) is 0.395. The van der Waals surface area contributed by atoms with E-state index in [0.29, 0.717) is 52.0 Å². The maximum atomic E-state index is 13.0. The molecule has 4 fully saturated rings. The molecule has 53 heavy (non-hydrogen) atoms. The second-order valence-electron chi connectivity index (χ2n) is 16.0. The summed E-state index contributed by atoms with van der Waals surface area (Å²) in [5.74, 6) is -0.682. The molecule has 4 heterocycles. The van der Waals surface area contributed by atoms with Gasteiger partial charge in [0.2, 0.25) is 11.8 Å². The standard InChI is InChI=1S/C43H38N2O8/c1-44-39(46)25-17-35-37(19-27(25)41(44)48)52-33-15-21(11-13-31(33)50-35)43(29-9-5-3-7-23(29)24-8-4-6-10-30(24)43)22-12-14-32-34(16-22)53-38-20-28-26(18-36(38)51-32)40(47)45(2)42(28)49/h3-10,13,15,17,19,21-22,26,28,32,34,36,38H,11-12,14,16,18,20H2,1-2H3. The average Bonchev–Trinajstić information content (AvgIpc) is 3.68. The number of benzene rings is 3. The maximum absolute atomic E-state index is 13.0. The van der Waals surface area contributed by atoms with E-state index in [0.717, 1.165) is 23.8 Å². The molecule has 5 aromatic rings. The first-order chi connectivity index (χ1) is 25.7. The molecular formula is C43H38N2O8. The van der Waals surface area contributed by atoms with Gasteiger partial charge in [0.05, 0.1) is 47.0 Å². The van der Waals surface area contributed by atoms with Crippen molar-refractivity contribution in [2.75, 3.05) is 7.05 Å². The first-order valence-electron chi connectivity index (χ1n) is 18.8. The van der Waals surface area contributed by atoms with Crippen LogP contribution in [0.4, 0.5) is 0 Å². The van der Waals surface area contributed by atoms with E-state index >= 15 is 0 Å². The summed E-state index contributed by atoms with van der Waals surface area (Å²) in [5, 5.41) is 0.632. The van der Waals surface area contributed by atoms with Gasteiger partial charge >= 0.3 is 0 Å². The molecule has 0 N–H and O–H groups in total. The van der Waals surface area contributed by atoms with Crippen LogP contribution in [-0.2, 0) is 31.5 Å². The highest BCUT2D eigenvalue weighted by molar-refractivity contribution is 6.05. The van der Waals surface area contributed by atoms with Gasteiger partial charge < -0.3 is 18.3 Å². The van der Waals surface area contributed by atoms with Gasteiger partial charge in [-0.2, -0.15) is 0 Å². The Morgan fingerprint density at radius 3 is 1.83 bits per heavy atom. The van der Waals surface area contributed by atoms with Gasteiger partial charge in [0, 0.05) is 19.5 Å². The number of aromatic nitrogens is 1. The van der Waals surface area contributed by atoms with Crippen molar-refractivity contribution in [3.05, 3.63) is 103 Å². The van der Waals surface area contributed by atoms with Crippen molar-refractivity contribution in [2.45, 2.75) is 68.4 Å². The quantitative estimate of drug-likeness (QED) is 0.251. The van der Waals surface area contributed by atoms with Crippen LogP contribution in [0.3, 0.4) is 0 Å². The zero-order chi connectivity index (χ0) is 35.9. The number of imide groups is 1. The molecule has 10 nitrogen and oxygen atoms in total. The summed E-state index contributed by atoms with van der Waals surface area (Å²) in [6, 6.07) is 20.7. The van der Waals surface area contributed by atoms with Gasteiger partial charge in [-0.05, 0) is 96.9 Å². The van der Waals surface area contributed by atoms with Crippen molar-refractivity contribution in [1.29, 1.82) is 0 Å². The van der Waals surface area contributed by atoms with Crippen LogP contribution >= 0.6 is 0 Å². The summed E-state index contributed by atoms with van der Waals surface area (Å²) in [6.07, 6.45) is 7.96. The molecule has 3 aromatic carbocycles. The van der Waals surface area contributed by atoms with Crippen molar-refractivity contribution < 1.29 is 27.9 Å². The highest BCUT2D eigenvalue weighted by atomic mass is 16.6. The largest absolute Gasteiger partial charge is 0.450 e. The molecule has 0 spiro atoms. The molecule has 2 amide bonds. The molecule has 8 unspecified atom stereocenters. The van der Waals surface area contributed by atoms with Crippen molar-refractivity contribution in [1.82, 2.24) is 9.47 Å². The van der Waals surface area contributed by atoms with E-state index in [1.54, 1.807) is 19.2 Å². The zero-order valence-electron chi connectivity index (χ0n) is 29.5. The number of amides is 2. The van der Waals surface area contributed by atoms with Gasteiger partial charge in [0.25, 0.3) is 11.1 Å². The van der Waals surface area contributed by atoms with E-state index in [9.17, 15) is 19.2 Å². The second-order valence-corrected chi connectivity index (χ2v) is 16.0. The molecule has 2 aromatic heterocycles. The molecular weight excluding hydrogens is 672 g/mol. The van der Waals surface area contributed by atoms with Crippen molar-refractivity contribution in [3.63, 3.8) is 0 Å². The van der Waals surface area contributed by atoms with E-state index < -0.39 is 5.41 Å². The number of carbonyl (C=O) groups is 2. The second kappa shape index (κ2) is 11.0. The Morgan fingerprint density at radius 1 is 0.660 bits per heavy atom. The first-order valence-corrected chi connectivity index (χ1v) is 18.8. The summed E-state index contributed by atoms with van der Waals surface area (Å²) in [5.41, 5.74) is 5.97. The van der Waals surface area contributed by atoms with Gasteiger partial charge in [-0.15, -0.1) is 0 Å². The third-order valence-corrected chi connectivity index (χ3v) is 13.6. The van der Waals surface area contributed by atoms with Crippen LogP contribution in [-0.4, -0.2) is 52.7 Å². The van der Waals surface area contributed by atoms with Crippen LogP contribution in [0.1, 0.15) is 49.7 Å². The van der Waals surface area contributed by atoms with Crippen molar-refractivity contribution in [3.8, 4) is 11.1 Å². The van der Waals surface area contributed by atoms with Crippen LogP contribution in [0.2, 0.25) is 0 Å². The lowest BCUT2D eigenvalue weighted by Gasteiger charge is -2.53. The zero-order valence-corrected chi connectivity index (χ0v) is 29.5. The van der Waals surface area contributed by atoms with Crippen molar-refractivity contribution in [2.24, 2.45) is 30.7 Å². The Kier molecular flexibility index (Phi) is 6.52. The molecule has 0 bridgehead atoms. The monoisotopic (exact) mass is 710 g/mol. The van der Waals surface area contributed by atoms with Gasteiger partial charge in [-0.1, -0.05) is 48.5 Å². The summed E-state index contributed by atoms with van der Waals surface area (Å²) < 4.78 is 27.8. The molecule has 8 atom stereocenters. The molecule has 11 rings (SSSR count). The number of carbonyl (C=O) groups excluding carboxylic acids is 2. The lowest BCUT2D eigenvalue weighted by molar-refractivity contribution is -0.252. The Labute approximate surface area is 303 Å². The number of ether oxygens (including phenoxy) is 2. The Morgan fingerprint density at radius 2 is 1.21 bits per heavy atom. The third kappa shape index (κ3) is 4.16. The van der Waals surface area contributed by atoms with E-state index in [-0.39, 0.29) is 71.0 Å². The van der Waals surface area contributed by atoms with Crippen LogP contribution in [0.5, 0.6) is 0 Å². The molecule has 268 valence electrons. The Balaban J connectivity index is 1.02. The topological polar surface area (TPSA) is 121 Å². The fourth-order valence-corrected chi connectivity index (χ4v) is 11.2. The number of hydrogen-bond donors (Lipinski definition) is 0.